The second-order valence-electron chi connectivity index (χ2n) is 9.53. The summed E-state index contributed by atoms with van der Waals surface area (Å²) in [5.74, 6) is -0.333. The number of aliphatic hydroxyl groups is 1. The molecule has 4 atom stereocenters. The molecule has 1 aromatic carbocycles. The Balaban J connectivity index is 1.39. The van der Waals surface area contributed by atoms with Gasteiger partial charge in [-0.1, -0.05) is 11.6 Å². The van der Waals surface area contributed by atoms with Gasteiger partial charge in [0, 0.05) is 42.2 Å². The first-order valence-electron chi connectivity index (χ1n) is 11.4. The van der Waals surface area contributed by atoms with Crippen molar-refractivity contribution >= 4 is 34.3 Å². The van der Waals surface area contributed by atoms with Crippen molar-refractivity contribution in [3.8, 4) is 0 Å². The molecule has 0 saturated carbocycles. The molecular weight excluding hydrogens is 504 g/mol. The van der Waals surface area contributed by atoms with Crippen molar-refractivity contribution < 1.29 is 27.4 Å². The largest absolute Gasteiger partial charge is 0.435 e. The van der Waals surface area contributed by atoms with Crippen molar-refractivity contribution in [2.45, 2.75) is 43.3 Å². The molecule has 0 aliphatic carbocycles. The van der Waals surface area contributed by atoms with Crippen LogP contribution in [0.4, 0.5) is 29.3 Å². The average molecular weight is 529 g/mol. The van der Waals surface area contributed by atoms with E-state index in [0.29, 0.717) is 41.1 Å². The number of hydrogen-bond acceptors (Lipinski definition) is 7. The van der Waals surface area contributed by atoms with Crippen LogP contribution in [0.15, 0.2) is 24.4 Å². The van der Waals surface area contributed by atoms with E-state index >= 15 is 4.39 Å². The van der Waals surface area contributed by atoms with Crippen molar-refractivity contribution in [3.05, 3.63) is 40.7 Å². The lowest BCUT2D eigenvalue weighted by atomic mass is 9.84. The van der Waals surface area contributed by atoms with Crippen molar-refractivity contribution in [2.24, 2.45) is 7.05 Å². The number of benzene rings is 1. The van der Waals surface area contributed by atoms with E-state index in [1.54, 1.807) is 12.1 Å². The maximum atomic E-state index is 15.5. The molecule has 2 N–H and O–H groups in total. The van der Waals surface area contributed by atoms with Crippen molar-refractivity contribution in [3.63, 3.8) is 0 Å². The van der Waals surface area contributed by atoms with Crippen LogP contribution in [0.25, 0.3) is 10.9 Å². The number of piperidine rings is 1. The van der Waals surface area contributed by atoms with E-state index < -0.39 is 35.6 Å². The highest BCUT2D eigenvalue weighted by Gasteiger charge is 2.47. The van der Waals surface area contributed by atoms with Crippen LogP contribution in [0.1, 0.15) is 30.5 Å². The second-order valence-corrected chi connectivity index (χ2v) is 9.94. The van der Waals surface area contributed by atoms with Gasteiger partial charge in [-0.15, -0.1) is 0 Å². The van der Waals surface area contributed by atoms with Gasteiger partial charge in [0.1, 0.15) is 12.0 Å². The minimum Gasteiger partial charge on any atom is -0.389 e. The number of fused-ring (bicyclic) bond motifs is 1. The van der Waals surface area contributed by atoms with Gasteiger partial charge >= 0.3 is 6.18 Å². The molecule has 0 spiro atoms. The van der Waals surface area contributed by atoms with Gasteiger partial charge in [-0.3, -0.25) is 9.58 Å². The molecule has 194 valence electrons. The highest BCUT2D eigenvalue weighted by Crippen LogP contribution is 2.40. The molecule has 2 saturated heterocycles. The fourth-order valence-electron chi connectivity index (χ4n) is 4.92. The summed E-state index contributed by atoms with van der Waals surface area (Å²) in [6.45, 7) is 3.15. The number of anilines is 2. The topological polar surface area (TPSA) is 88.3 Å². The number of nitrogens with zero attached hydrogens (tertiary/aromatic N) is 5. The third-order valence-corrected chi connectivity index (χ3v) is 7.49. The van der Waals surface area contributed by atoms with Crippen LogP contribution >= 0.6 is 11.6 Å². The summed E-state index contributed by atoms with van der Waals surface area (Å²) in [5, 5.41) is 17.6. The standard InChI is InChI=1S/C23H25ClF4N6O2/c1-22(11-36-10-19(22)35)34-4-3-13(16(25)9-34)14-6-17-12(5-15(14)24)8-29-21(30-17)31-20-7-18(23(26,27)28)32-33(20)2/h5-8,13,16,19,35H,3-4,9-11H2,1-2H3,(H,29,30,31)/t13-,16+,19-,22+/m0/s1. The monoisotopic (exact) mass is 528 g/mol. The highest BCUT2D eigenvalue weighted by atomic mass is 35.5. The Morgan fingerprint density at radius 2 is 2.06 bits per heavy atom. The predicted octanol–water partition coefficient (Wildman–Crippen LogP) is 4.06. The Morgan fingerprint density at radius 3 is 2.69 bits per heavy atom. The number of hydrogen-bond donors (Lipinski definition) is 2. The Labute approximate surface area is 209 Å². The zero-order valence-electron chi connectivity index (χ0n) is 19.6. The van der Waals surface area contributed by atoms with Crippen molar-refractivity contribution in [2.75, 3.05) is 31.6 Å². The Kier molecular flexibility index (Phi) is 6.34. The number of aryl methyl sites for hydroxylation is 1. The van der Waals surface area contributed by atoms with Gasteiger partial charge in [0.25, 0.3) is 0 Å². The number of nitrogens with one attached hydrogen (secondary N) is 1. The zero-order valence-corrected chi connectivity index (χ0v) is 20.3. The molecule has 0 bridgehead atoms. The third-order valence-electron chi connectivity index (χ3n) is 7.16. The number of ether oxygens (including phenoxy) is 1. The van der Waals surface area contributed by atoms with E-state index in [0.717, 1.165) is 10.7 Å². The van der Waals surface area contributed by atoms with Crippen LogP contribution in [0.5, 0.6) is 0 Å². The molecule has 13 heteroatoms. The number of aromatic nitrogens is 4. The first kappa shape index (κ1) is 25.1. The summed E-state index contributed by atoms with van der Waals surface area (Å²) in [5.41, 5.74) is -0.581. The average Bonchev–Trinajstić information content (AvgIpc) is 3.36. The number of likely N-dealkylation sites (tertiary alicyclic amines) is 1. The molecule has 2 aliphatic rings. The lowest BCUT2D eigenvalue weighted by Crippen LogP contribution is -2.58. The van der Waals surface area contributed by atoms with Crippen LogP contribution in [-0.4, -0.2) is 73.9 Å². The molecule has 0 radical (unpaired) electrons. The van der Waals surface area contributed by atoms with Gasteiger partial charge in [-0.25, -0.2) is 14.4 Å². The summed E-state index contributed by atoms with van der Waals surface area (Å²) in [7, 11) is 1.38. The Bertz CT molecular complexity index is 1290. The number of rotatable bonds is 4. The lowest BCUT2D eigenvalue weighted by Gasteiger charge is -2.45. The first-order valence-corrected chi connectivity index (χ1v) is 11.8. The molecule has 0 amide bonds. The quantitative estimate of drug-likeness (QED) is 0.494. The summed E-state index contributed by atoms with van der Waals surface area (Å²) in [6.07, 6.45) is -4.50. The minimum atomic E-state index is -4.58. The molecule has 0 unspecified atom stereocenters. The fraction of sp³-hybridized carbons (Fsp3) is 0.522. The number of alkyl halides is 4. The fourth-order valence-corrected chi connectivity index (χ4v) is 5.24. The smallest absolute Gasteiger partial charge is 0.389 e. The molecular formula is C23H25ClF4N6O2. The minimum absolute atomic E-state index is 0.0682. The van der Waals surface area contributed by atoms with Gasteiger partial charge in [0.05, 0.1) is 30.4 Å². The van der Waals surface area contributed by atoms with Crippen molar-refractivity contribution in [1.82, 2.24) is 24.6 Å². The van der Waals surface area contributed by atoms with Crippen LogP contribution in [0.3, 0.4) is 0 Å². The molecule has 2 fully saturated rings. The van der Waals surface area contributed by atoms with Gasteiger partial charge in [0.15, 0.2) is 5.69 Å². The van der Waals surface area contributed by atoms with Crippen LogP contribution in [0, 0.1) is 0 Å². The number of halogens is 5. The summed E-state index contributed by atoms with van der Waals surface area (Å²) in [4.78, 5) is 10.5. The Hall–Kier alpha value is -2.54. The molecule has 8 nitrogen and oxygen atoms in total. The van der Waals surface area contributed by atoms with Crippen LogP contribution in [-0.2, 0) is 18.0 Å². The van der Waals surface area contributed by atoms with E-state index in [1.807, 2.05) is 11.8 Å². The van der Waals surface area contributed by atoms with Crippen LogP contribution < -0.4 is 5.32 Å². The molecule has 3 aromatic rings. The van der Waals surface area contributed by atoms with Gasteiger partial charge < -0.3 is 15.2 Å². The third kappa shape index (κ3) is 4.51. The van der Waals surface area contributed by atoms with E-state index in [2.05, 4.69) is 20.4 Å². The molecule has 36 heavy (non-hydrogen) atoms. The normalized spacial score (nSPS) is 27.6. The van der Waals surface area contributed by atoms with E-state index in [9.17, 15) is 18.3 Å². The maximum absolute atomic E-state index is 15.5. The van der Waals surface area contributed by atoms with E-state index in [1.165, 1.54) is 13.2 Å². The highest BCUT2D eigenvalue weighted by molar-refractivity contribution is 6.32. The van der Waals surface area contributed by atoms with Crippen LogP contribution in [0.2, 0.25) is 5.02 Å². The summed E-state index contributed by atoms with van der Waals surface area (Å²) < 4.78 is 60.8. The predicted molar refractivity (Wildman–Crippen MR) is 125 cm³/mol. The van der Waals surface area contributed by atoms with Gasteiger partial charge in [0.2, 0.25) is 5.95 Å². The second kappa shape index (κ2) is 9.09. The molecule has 2 aliphatic heterocycles. The zero-order chi connectivity index (χ0) is 25.8. The lowest BCUT2D eigenvalue weighted by molar-refractivity contribution is -0.141. The van der Waals surface area contributed by atoms with E-state index in [-0.39, 0.29) is 24.9 Å². The molecule has 5 rings (SSSR count). The summed E-state index contributed by atoms with van der Waals surface area (Å²) in [6, 6.07) is 4.24. The first-order chi connectivity index (χ1) is 17.0. The maximum Gasteiger partial charge on any atom is 0.435 e. The summed E-state index contributed by atoms with van der Waals surface area (Å²) >= 11 is 6.52. The van der Waals surface area contributed by atoms with Crippen molar-refractivity contribution in [1.29, 1.82) is 0 Å². The SMILES string of the molecule is Cn1nc(C(F)(F)F)cc1Nc1ncc2cc(Cl)c([C@@H]3CCN([C@]4(C)COC[C@@H]4O)C[C@H]3F)cc2n1. The van der Waals surface area contributed by atoms with E-state index in [4.69, 9.17) is 16.3 Å². The van der Waals surface area contributed by atoms with Gasteiger partial charge in [-0.2, -0.15) is 18.3 Å². The van der Waals surface area contributed by atoms with Gasteiger partial charge in [-0.05, 0) is 37.6 Å². The Morgan fingerprint density at radius 1 is 1.28 bits per heavy atom. The molecule has 2 aromatic heterocycles. The number of aliphatic hydroxyl groups excluding tert-OH is 1. The molecule has 4 heterocycles.